The summed E-state index contributed by atoms with van der Waals surface area (Å²) in [4.78, 5) is 8.14. The molecule has 1 atom stereocenters. The molecule has 0 saturated heterocycles. The lowest BCUT2D eigenvalue weighted by Gasteiger charge is -2.21. The average Bonchev–Trinajstić information content (AvgIpc) is 2.41. The summed E-state index contributed by atoms with van der Waals surface area (Å²) < 4.78 is 13.0. The maximum atomic E-state index is 13.0. The van der Waals surface area contributed by atoms with E-state index in [9.17, 15) is 4.39 Å². The molecule has 0 spiro atoms. The largest absolute Gasteiger partial charge is 0.306 e. The molecule has 0 aromatic carbocycles. The van der Waals surface area contributed by atoms with Gasteiger partial charge in [-0.25, -0.2) is 4.39 Å². The lowest BCUT2D eigenvalue weighted by atomic mass is 10.0. The summed E-state index contributed by atoms with van der Waals surface area (Å²) >= 11 is 6.15. The molecule has 2 heterocycles. The second kappa shape index (κ2) is 6.77. The molecule has 0 fully saturated rings. The van der Waals surface area contributed by atoms with Gasteiger partial charge in [-0.05, 0) is 30.2 Å². The Morgan fingerprint density at radius 3 is 2.65 bits per heavy atom. The number of nitrogens with one attached hydrogen (secondary N) is 1. The molecular weight excluding hydrogens is 277 g/mol. The van der Waals surface area contributed by atoms with Gasteiger partial charge in [0.2, 0.25) is 0 Å². The van der Waals surface area contributed by atoms with Crippen molar-refractivity contribution in [1.29, 1.82) is 0 Å². The predicted molar refractivity (Wildman–Crippen MR) is 78.2 cm³/mol. The van der Waals surface area contributed by atoms with E-state index < -0.39 is 0 Å². The number of rotatable bonds is 5. The van der Waals surface area contributed by atoms with Crippen molar-refractivity contribution in [1.82, 2.24) is 15.3 Å². The lowest BCUT2D eigenvalue weighted by molar-refractivity contribution is 0.464. The number of hydrogen-bond donors (Lipinski definition) is 1. The Hall–Kier alpha value is -1.52. The van der Waals surface area contributed by atoms with Crippen LogP contribution in [0.3, 0.4) is 0 Å². The lowest BCUT2D eigenvalue weighted by Crippen LogP contribution is -2.30. The van der Waals surface area contributed by atoms with Gasteiger partial charge in [0.15, 0.2) is 0 Å². The van der Waals surface area contributed by atoms with Crippen molar-refractivity contribution in [3.05, 3.63) is 58.9 Å². The van der Waals surface area contributed by atoms with Crippen molar-refractivity contribution in [2.45, 2.75) is 32.4 Å². The standard InChI is InChI=1S/C15H17ClFN3/c1-10(2)20-15(14-4-3-12(17)8-19-14)7-11-5-6-18-9-13(11)16/h3-6,8-10,15,20H,7H2,1-2H3. The smallest absolute Gasteiger partial charge is 0.141 e. The van der Waals surface area contributed by atoms with Crippen LogP contribution in [0.5, 0.6) is 0 Å². The van der Waals surface area contributed by atoms with Crippen LogP contribution in [0.15, 0.2) is 36.8 Å². The van der Waals surface area contributed by atoms with Gasteiger partial charge in [0, 0.05) is 18.4 Å². The highest BCUT2D eigenvalue weighted by Gasteiger charge is 2.16. The second-order valence-electron chi connectivity index (χ2n) is 4.95. The number of nitrogens with zero attached hydrogens (tertiary/aromatic N) is 2. The number of aromatic nitrogens is 2. The molecule has 3 nitrogen and oxygen atoms in total. The third-order valence-electron chi connectivity index (χ3n) is 2.92. The molecule has 5 heteroatoms. The summed E-state index contributed by atoms with van der Waals surface area (Å²) in [5.41, 5.74) is 1.79. The summed E-state index contributed by atoms with van der Waals surface area (Å²) in [7, 11) is 0. The van der Waals surface area contributed by atoms with Crippen molar-refractivity contribution in [3.63, 3.8) is 0 Å². The van der Waals surface area contributed by atoms with E-state index in [1.165, 1.54) is 12.3 Å². The molecule has 1 unspecified atom stereocenters. The molecule has 2 aromatic heterocycles. The predicted octanol–water partition coefficient (Wildman–Crippen LogP) is 3.55. The molecule has 0 aliphatic rings. The zero-order valence-electron chi connectivity index (χ0n) is 11.5. The molecule has 0 bridgehead atoms. The van der Waals surface area contributed by atoms with E-state index in [0.717, 1.165) is 11.3 Å². The Balaban J connectivity index is 2.24. The minimum Gasteiger partial charge on any atom is -0.306 e. The zero-order valence-corrected chi connectivity index (χ0v) is 12.2. The first-order chi connectivity index (χ1) is 9.56. The first kappa shape index (κ1) is 14.9. The summed E-state index contributed by atoms with van der Waals surface area (Å²) in [5, 5.41) is 4.06. The quantitative estimate of drug-likeness (QED) is 0.916. The van der Waals surface area contributed by atoms with Crippen molar-refractivity contribution in [3.8, 4) is 0 Å². The fourth-order valence-electron chi connectivity index (χ4n) is 2.03. The molecule has 2 rings (SSSR count). The van der Waals surface area contributed by atoms with Crippen LogP contribution in [0.4, 0.5) is 4.39 Å². The van der Waals surface area contributed by atoms with E-state index in [2.05, 4.69) is 29.1 Å². The Morgan fingerprint density at radius 2 is 2.05 bits per heavy atom. The zero-order chi connectivity index (χ0) is 14.5. The van der Waals surface area contributed by atoms with Crippen molar-refractivity contribution >= 4 is 11.6 Å². The molecule has 0 amide bonds. The van der Waals surface area contributed by atoms with Crippen LogP contribution < -0.4 is 5.32 Å². The highest BCUT2D eigenvalue weighted by atomic mass is 35.5. The van der Waals surface area contributed by atoms with Gasteiger partial charge in [-0.3, -0.25) is 9.97 Å². The monoisotopic (exact) mass is 293 g/mol. The van der Waals surface area contributed by atoms with Gasteiger partial charge in [0.1, 0.15) is 5.82 Å². The van der Waals surface area contributed by atoms with Gasteiger partial charge in [0.25, 0.3) is 0 Å². The molecule has 0 aliphatic carbocycles. The first-order valence-corrected chi connectivity index (χ1v) is 6.90. The molecular formula is C15H17ClFN3. The minimum atomic E-state index is -0.334. The topological polar surface area (TPSA) is 37.8 Å². The molecule has 106 valence electrons. The molecule has 1 N–H and O–H groups in total. The minimum absolute atomic E-state index is 0.0181. The van der Waals surface area contributed by atoms with Crippen LogP contribution in [-0.4, -0.2) is 16.0 Å². The third-order valence-corrected chi connectivity index (χ3v) is 3.26. The van der Waals surface area contributed by atoms with Crippen LogP contribution in [-0.2, 0) is 6.42 Å². The van der Waals surface area contributed by atoms with Crippen molar-refractivity contribution in [2.75, 3.05) is 0 Å². The normalized spacial score (nSPS) is 12.7. The van der Waals surface area contributed by atoms with Crippen LogP contribution in [0, 0.1) is 5.82 Å². The number of hydrogen-bond acceptors (Lipinski definition) is 3. The fourth-order valence-corrected chi connectivity index (χ4v) is 2.23. The summed E-state index contributed by atoms with van der Waals surface area (Å²) in [6.07, 6.45) is 5.25. The van der Waals surface area contributed by atoms with Gasteiger partial charge in [-0.1, -0.05) is 25.4 Å². The maximum absolute atomic E-state index is 13.0. The third kappa shape index (κ3) is 3.99. The molecule has 0 radical (unpaired) electrons. The summed E-state index contributed by atoms with van der Waals surface area (Å²) in [6.45, 7) is 4.12. The maximum Gasteiger partial charge on any atom is 0.141 e. The number of pyridine rings is 2. The second-order valence-corrected chi connectivity index (χ2v) is 5.35. The van der Waals surface area contributed by atoms with Crippen LogP contribution in [0.2, 0.25) is 5.02 Å². The Kier molecular flexibility index (Phi) is 5.04. The van der Waals surface area contributed by atoms with Crippen molar-refractivity contribution < 1.29 is 4.39 Å². The van der Waals surface area contributed by atoms with Crippen molar-refractivity contribution in [2.24, 2.45) is 0 Å². The SMILES string of the molecule is CC(C)NC(Cc1ccncc1Cl)c1ccc(F)cn1. The van der Waals surface area contributed by atoms with Gasteiger partial charge in [-0.2, -0.15) is 0 Å². The Morgan fingerprint density at radius 1 is 1.25 bits per heavy atom. The van der Waals surface area contributed by atoms with Crippen LogP contribution in [0.25, 0.3) is 0 Å². The summed E-state index contributed by atoms with van der Waals surface area (Å²) in [5.74, 6) is -0.334. The van der Waals surface area contributed by atoms with E-state index in [0.29, 0.717) is 11.4 Å². The Bertz CT molecular complexity index is 557. The number of halogens is 2. The van der Waals surface area contributed by atoms with Crippen LogP contribution >= 0.6 is 11.6 Å². The van der Waals surface area contributed by atoms with Gasteiger partial charge >= 0.3 is 0 Å². The van der Waals surface area contributed by atoms with Gasteiger partial charge in [0.05, 0.1) is 23.0 Å². The van der Waals surface area contributed by atoms with E-state index in [1.807, 2.05) is 6.07 Å². The highest BCUT2D eigenvalue weighted by molar-refractivity contribution is 6.31. The molecule has 0 aliphatic heterocycles. The van der Waals surface area contributed by atoms with Gasteiger partial charge in [-0.15, -0.1) is 0 Å². The fraction of sp³-hybridized carbons (Fsp3) is 0.333. The first-order valence-electron chi connectivity index (χ1n) is 6.52. The highest BCUT2D eigenvalue weighted by Crippen LogP contribution is 2.22. The van der Waals surface area contributed by atoms with E-state index in [-0.39, 0.29) is 17.9 Å². The molecule has 2 aromatic rings. The average molecular weight is 294 g/mol. The van der Waals surface area contributed by atoms with E-state index >= 15 is 0 Å². The molecule has 0 saturated carbocycles. The van der Waals surface area contributed by atoms with E-state index in [1.54, 1.807) is 18.5 Å². The van der Waals surface area contributed by atoms with E-state index in [4.69, 9.17) is 11.6 Å². The Labute approximate surface area is 123 Å². The molecule has 20 heavy (non-hydrogen) atoms. The summed E-state index contributed by atoms with van der Waals surface area (Å²) in [6, 6.07) is 5.28. The van der Waals surface area contributed by atoms with Crippen LogP contribution in [0.1, 0.15) is 31.1 Å². The van der Waals surface area contributed by atoms with Gasteiger partial charge < -0.3 is 5.32 Å².